The molecule has 1 heterocycles. The Morgan fingerprint density at radius 1 is 1.64 bits per heavy atom. The van der Waals surface area contributed by atoms with Crippen molar-refractivity contribution in [1.82, 2.24) is 0 Å². The van der Waals surface area contributed by atoms with Crippen molar-refractivity contribution in [2.24, 2.45) is 11.7 Å². The predicted octanol–water partition coefficient (Wildman–Crippen LogP) is 0.839. The summed E-state index contributed by atoms with van der Waals surface area (Å²) in [5.74, 6) is 2.91. The largest absolute Gasteiger partial charge is 0.393 e. The van der Waals surface area contributed by atoms with E-state index in [4.69, 9.17) is 5.73 Å². The van der Waals surface area contributed by atoms with Gasteiger partial charge in [0.2, 0.25) is 0 Å². The van der Waals surface area contributed by atoms with Gasteiger partial charge >= 0.3 is 0 Å². The van der Waals surface area contributed by atoms with Gasteiger partial charge in [0.1, 0.15) is 0 Å². The molecule has 1 unspecified atom stereocenters. The first kappa shape index (κ1) is 9.36. The van der Waals surface area contributed by atoms with Gasteiger partial charge in [0.25, 0.3) is 0 Å². The topological polar surface area (TPSA) is 46.2 Å². The van der Waals surface area contributed by atoms with E-state index in [-0.39, 0.29) is 6.10 Å². The van der Waals surface area contributed by atoms with Crippen LogP contribution in [-0.4, -0.2) is 29.3 Å². The van der Waals surface area contributed by atoms with Gasteiger partial charge in [0.15, 0.2) is 0 Å². The number of nitrogens with two attached hydrogens (primary N) is 1. The van der Waals surface area contributed by atoms with Crippen molar-refractivity contribution >= 4 is 11.8 Å². The molecule has 0 aromatic carbocycles. The van der Waals surface area contributed by atoms with Crippen molar-refractivity contribution in [1.29, 1.82) is 0 Å². The molecule has 1 fully saturated rings. The maximum absolute atomic E-state index is 9.58. The number of aliphatic hydroxyl groups is 1. The second-order valence-corrected chi connectivity index (χ2v) is 4.27. The zero-order valence-corrected chi connectivity index (χ0v) is 7.65. The zero-order chi connectivity index (χ0) is 8.10. The van der Waals surface area contributed by atoms with Crippen molar-refractivity contribution in [2.45, 2.75) is 25.4 Å². The van der Waals surface area contributed by atoms with Crippen LogP contribution in [0.1, 0.15) is 19.3 Å². The van der Waals surface area contributed by atoms with Crippen molar-refractivity contribution in [2.75, 3.05) is 18.1 Å². The van der Waals surface area contributed by atoms with E-state index in [0.29, 0.717) is 12.5 Å². The Balaban J connectivity index is 2.21. The lowest BCUT2D eigenvalue weighted by Gasteiger charge is -2.25. The molecular formula is C8H17NOS. The van der Waals surface area contributed by atoms with Crippen molar-refractivity contribution in [3.8, 4) is 0 Å². The summed E-state index contributed by atoms with van der Waals surface area (Å²) >= 11 is 1.96. The summed E-state index contributed by atoms with van der Waals surface area (Å²) in [6, 6.07) is 0. The van der Waals surface area contributed by atoms with Crippen LogP contribution in [0.5, 0.6) is 0 Å². The van der Waals surface area contributed by atoms with Gasteiger partial charge in [0.05, 0.1) is 6.10 Å². The van der Waals surface area contributed by atoms with Crippen LogP contribution in [0.15, 0.2) is 0 Å². The second kappa shape index (κ2) is 5.01. The summed E-state index contributed by atoms with van der Waals surface area (Å²) in [5, 5.41) is 9.58. The molecule has 0 aromatic heterocycles. The summed E-state index contributed by atoms with van der Waals surface area (Å²) in [6.45, 7) is 0.613. The highest BCUT2D eigenvalue weighted by atomic mass is 32.2. The van der Waals surface area contributed by atoms with Crippen LogP contribution < -0.4 is 5.73 Å². The van der Waals surface area contributed by atoms with Gasteiger partial charge in [-0.3, -0.25) is 0 Å². The van der Waals surface area contributed by atoms with Crippen LogP contribution in [0, 0.1) is 5.92 Å². The standard InChI is InChI=1S/C8H17NOS/c9-4-3-8(10)7-2-1-5-11-6-7/h7-8,10H,1-6,9H2/t7?,8-/m0/s1. The van der Waals surface area contributed by atoms with Gasteiger partial charge in [-0.2, -0.15) is 11.8 Å². The molecule has 1 saturated heterocycles. The Morgan fingerprint density at radius 3 is 3.00 bits per heavy atom. The third-order valence-corrected chi connectivity index (χ3v) is 3.44. The summed E-state index contributed by atoms with van der Waals surface area (Å²) in [4.78, 5) is 0. The predicted molar refractivity (Wildman–Crippen MR) is 49.7 cm³/mol. The fraction of sp³-hybridized carbons (Fsp3) is 1.00. The van der Waals surface area contributed by atoms with Gasteiger partial charge in [-0.1, -0.05) is 0 Å². The van der Waals surface area contributed by atoms with Crippen LogP contribution in [0.2, 0.25) is 0 Å². The molecule has 1 aliphatic heterocycles. The molecule has 1 rings (SSSR count). The highest BCUT2D eigenvalue weighted by molar-refractivity contribution is 7.99. The highest BCUT2D eigenvalue weighted by Crippen LogP contribution is 2.26. The summed E-state index contributed by atoms with van der Waals surface area (Å²) in [7, 11) is 0. The molecule has 3 heteroatoms. The Labute approximate surface area is 72.5 Å². The molecule has 0 bridgehead atoms. The van der Waals surface area contributed by atoms with Gasteiger partial charge in [-0.05, 0) is 43.2 Å². The van der Waals surface area contributed by atoms with Gasteiger partial charge in [-0.15, -0.1) is 0 Å². The lowest BCUT2D eigenvalue weighted by molar-refractivity contribution is 0.106. The number of hydrogen-bond donors (Lipinski definition) is 2. The summed E-state index contributed by atoms with van der Waals surface area (Å²) < 4.78 is 0. The maximum atomic E-state index is 9.58. The first-order chi connectivity index (χ1) is 5.34. The molecule has 11 heavy (non-hydrogen) atoms. The van der Waals surface area contributed by atoms with Crippen LogP contribution >= 0.6 is 11.8 Å². The molecule has 0 radical (unpaired) electrons. The van der Waals surface area contributed by atoms with E-state index in [1.54, 1.807) is 0 Å². The fourth-order valence-electron chi connectivity index (χ4n) is 1.48. The molecule has 0 amide bonds. The van der Waals surface area contributed by atoms with Gasteiger partial charge in [0, 0.05) is 0 Å². The van der Waals surface area contributed by atoms with Gasteiger partial charge < -0.3 is 10.8 Å². The molecule has 66 valence electrons. The van der Waals surface area contributed by atoms with Crippen LogP contribution in [0.4, 0.5) is 0 Å². The lowest BCUT2D eigenvalue weighted by Crippen LogP contribution is -2.27. The molecule has 0 aliphatic carbocycles. The van der Waals surface area contributed by atoms with E-state index in [1.807, 2.05) is 11.8 Å². The quantitative estimate of drug-likeness (QED) is 0.668. The third kappa shape index (κ3) is 3.01. The molecule has 0 aromatic rings. The van der Waals surface area contributed by atoms with E-state index >= 15 is 0 Å². The molecule has 3 N–H and O–H groups in total. The second-order valence-electron chi connectivity index (χ2n) is 3.12. The van der Waals surface area contributed by atoms with Crippen molar-refractivity contribution in [3.63, 3.8) is 0 Å². The number of thioether (sulfide) groups is 1. The van der Waals surface area contributed by atoms with E-state index in [2.05, 4.69) is 0 Å². The lowest BCUT2D eigenvalue weighted by atomic mass is 9.96. The number of hydrogen-bond acceptors (Lipinski definition) is 3. The first-order valence-electron chi connectivity index (χ1n) is 4.30. The molecule has 2 atom stereocenters. The Kier molecular flexibility index (Phi) is 4.26. The Bertz CT molecular complexity index is 104. The van der Waals surface area contributed by atoms with E-state index < -0.39 is 0 Å². The molecule has 0 saturated carbocycles. The fourth-order valence-corrected chi connectivity index (χ4v) is 2.70. The summed E-state index contributed by atoms with van der Waals surface area (Å²) in [6.07, 6.45) is 3.07. The average molecular weight is 175 g/mol. The van der Waals surface area contributed by atoms with Gasteiger partial charge in [-0.25, -0.2) is 0 Å². The first-order valence-corrected chi connectivity index (χ1v) is 5.46. The Morgan fingerprint density at radius 2 is 2.45 bits per heavy atom. The normalized spacial score (nSPS) is 28.4. The minimum absolute atomic E-state index is 0.146. The van der Waals surface area contributed by atoms with E-state index in [0.717, 1.165) is 12.2 Å². The minimum Gasteiger partial charge on any atom is -0.393 e. The molecular weight excluding hydrogens is 158 g/mol. The number of rotatable bonds is 3. The Hall–Kier alpha value is 0.270. The number of aliphatic hydroxyl groups excluding tert-OH is 1. The van der Waals surface area contributed by atoms with E-state index in [1.165, 1.54) is 18.6 Å². The summed E-state index contributed by atoms with van der Waals surface area (Å²) in [5.41, 5.74) is 5.37. The SMILES string of the molecule is NCC[C@H](O)C1CCCSC1. The molecule has 1 aliphatic rings. The van der Waals surface area contributed by atoms with Crippen LogP contribution in [-0.2, 0) is 0 Å². The monoisotopic (exact) mass is 175 g/mol. The zero-order valence-electron chi connectivity index (χ0n) is 6.83. The van der Waals surface area contributed by atoms with Crippen molar-refractivity contribution < 1.29 is 5.11 Å². The van der Waals surface area contributed by atoms with Crippen LogP contribution in [0.3, 0.4) is 0 Å². The van der Waals surface area contributed by atoms with Crippen LogP contribution in [0.25, 0.3) is 0 Å². The minimum atomic E-state index is -0.146. The smallest absolute Gasteiger partial charge is 0.0588 e. The average Bonchev–Trinajstić information content (AvgIpc) is 2.07. The molecule has 2 nitrogen and oxygen atoms in total. The van der Waals surface area contributed by atoms with E-state index in [9.17, 15) is 5.11 Å². The van der Waals surface area contributed by atoms with Crippen molar-refractivity contribution in [3.05, 3.63) is 0 Å². The highest BCUT2D eigenvalue weighted by Gasteiger charge is 2.20. The molecule has 0 spiro atoms. The maximum Gasteiger partial charge on any atom is 0.0588 e. The third-order valence-electron chi connectivity index (χ3n) is 2.20.